The van der Waals surface area contributed by atoms with Crippen molar-refractivity contribution < 1.29 is 14.3 Å². The van der Waals surface area contributed by atoms with Gasteiger partial charge in [-0.25, -0.2) is 0 Å². The fourth-order valence-electron chi connectivity index (χ4n) is 2.22. The minimum atomic E-state index is -0.347. The first-order valence-corrected chi connectivity index (χ1v) is 8.98. The number of hydrogen-bond donors (Lipinski definition) is 3. The summed E-state index contributed by atoms with van der Waals surface area (Å²) in [7, 11) is 1.55. The predicted molar refractivity (Wildman–Crippen MR) is 110 cm³/mol. The molecule has 2 aromatic carbocycles. The molecule has 0 spiro atoms. The third-order valence-corrected chi connectivity index (χ3v) is 3.78. The number of anilines is 1. The van der Waals surface area contributed by atoms with E-state index in [2.05, 4.69) is 29.8 Å². The Balaban J connectivity index is 1.98. The number of carbonyl (C=O) groups is 2. The molecule has 2 rings (SSSR count). The number of benzene rings is 2. The minimum absolute atomic E-state index is 0.108. The normalized spacial score (nSPS) is 10.2. The zero-order chi connectivity index (χ0) is 19.8. The van der Waals surface area contributed by atoms with E-state index in [1.807, 2.05) is 0 Å². The molecule has 0 fully saturated rings. The second-order valence-corrected chi connectivity index (χ2v) is 6.67. The van der Waals surface area contributed by atoms with Crippen molar-refractivity contribution in [3.63, 3.8) is 0 Å². The van der Waals surface area contributed by atoms with Gasteiger partial charge < -0.3 is 15.4 Å². The van der Waals surface area contributed by atoms with Gasteiger partial charge >= 0.3 is 0 Å². The maximum Gasteiger partial charge on any atom is 0.257 e. The highest BCUT2D eigenvalue weighted by atomic mass is 32.1. The Morgan fingerprint density at radius 1 is 1.04 bits per heavy atom. The number of ether oxygens (including phenoxy) is 1. The average molecular weight is 385 g/mol. The lowest BCUT2D eigenvalue weighted by Gasteiger charge is -2.13. The molecule has 0 atom stereocenters. The highest BCUT2D eigenvalue weighted by Crippen LogP contribution is 2.15. The lowest BCUT2D eigenvalue weighted by atomic mass is 10.1. The molecule has 2 amide bonds. The van der Waals surface area contributed by atoms with Crippen molar-refractivity contribution in [2.45, 2.75) is 13.8 Å². The molecule has 0 aromatic heterocycles. The van der Waals surface area contributed by atoms with Crippen molar-refractivity contribution in [3.05, 3.63) is 59.7 Å². The molecule has 0 aliphatic rings. The molecule has 0 aliphatic carbocycles. The number of nitrogens with one attached hydrogen (secondary N) is 3. The van der Waals surface area contributed by atoms with Crippen LogP contribution in [-0.4, -0.2) is 30.6 Å². The molecule has 27 heavy (non-hydrogen) atoms. The molecule has 0 bridgehead atoms. The van der Waals surface area contributed by atoms with E-state index < -0.39 is 0 Å². The summed E-state index contributed by atoms with van der Waals surface area (Å²) in [5.74, 6) is 0.541. The first-order chi connectivity index (χ1) is 12.9. The molecule has 2 aromatic rings. The molecule has 0 aliphatic heterocycles. The summed E-state index contributed by atoms with van der Waals surface area (Å²) < 4.78 is 5.60. The van der Waals surface area contributed by atoms with Crippen molar-refractivity contribution in [2.75, 3.05) is 19.0 Å². The van der Waals surface area contributed by atoms with E-state index >= 15 is 0 Å². The second kappa shape index (κ2) is 9.68. The first-order valence-electron chi connectivity index (χ1n) is 8.57. The van der Waals surface area contributed by atoms with E-state index in [9.17, 15) is 9.59 Å². The summed E-state index contributed by atoms with van der Waals surface area (Å²) in [5.41, 5.74) is 1.40. The molecule has 142 valence electrons. The molecule has 7 heteroatoms. The van der Waals surface area contributed by atoms with Crippen molar-refractivity contribution in [1.82, 2.24) is 10.6 Å². The Labute approximate surface area is 164 Å². The van der Waals surface area contributed by atoms with Crippen LogP contribution in [0.4, 0.5) is 5.69 Å². The molecule has 0 saturated heterocycles. The van der Waals surface area contributed by atoms with Gasteiger partial charge in [0, 0.05) is 12.6 Å². The molecular formula is C20H23N3O3S. The van der Waals surface area contributed by atoms with Crippen LogP contribution in [0.25, 0.3) is 0 Å². The van der Waals surface area contributed by atoms with Gasteiger partial charge in [-0.15, -0.1) is 0 Å². The maximum atomic E-state index is 12.3. The summed E-state index contributed by atoms with van der Waals surface area (Å²) in [5, 5.41) is 8.16. The number of para-hydroxylation sites is 1. The van der Waals surface area contributed by atoms with E-state index in [0.717, 1.165) is 0 Å². The van der Waals surface area contributed by atoms with Crippen molar-refractivity contribution >= 4 is 34.8 Å². The Kier molecular flexibility index (Phi) is 7.31. The van der Waals surface area contributed by atoms with E-state index in [1.165, 1.54) is 0 Å². The van der Waals surface area contributed by atoms with Crippen LogP contribution in [0.2, 0.25) is 0 Å². The minimum Gasteiger partial charge on any atom is -0.493 e. The molecule has 0 unspecified atom stereocenters. The van der Waals surface area contributed by atoms with E-state index in [4.69, 9.17) is 17.0 Å². The van der Waals surface area contributed by atoms with E-state index in [1.54, 1.807) is 55.6 Å². The van der Waals surface area contributed by atoms with Gasteiger partial charge in [-0.3, -0.25) is 14.9 Å². The molecule has 0 radical (unpaired) electrons. The number of carbonyl (C=O) groups excluding carboxylic acids is 2. The molecule has 6 nitrogen and oxygen atoms in total. The Bertz CT molecular complexity index is 819. The fourth-order valence-corrected chi connectivity index (χ4v) is 2.42. The molecule has 0 heterocycles. The first kappa shape index (κ1) is 20.4. The number of thiocarbonyl (C=S) groups is 1. The van der Waals surface area contributed by atoms with E-state index in [-0.39, 0.29) is 16.9 Å². The summed E-state index contributed by atoms with van der Waals surface area (Å²) in [4.78, 5) is 24.2. The fraction of sp³-hybridized carbons (Fsp3) is 0.250. The van der Waals surface area contributed by atoms with Crippen LogP contribution in [0, 0.1) is 5.92 Å². The molecule has 0 saturated carbocycles. The highest BCUT2D eigenvalue weighted by Gasteiger charge is 2.12. The van der Waals surface area contributed by atoms with Gasteiger partial charge in [-0.2, -0.15) is 0 Å². The van der Waals surface area contributed by atoms with Crippen molar-refractivity contribution in [1.29, 1.82) is 0 Å². The van der Waals surface area contributed by atoms with Crippen LogP contribution in [0.3, 0.4) is 0 Å². The van der Waals surface area contributed by atoms with Gasteiger partial charge in [0.25, 0.3) is 11.8 Å². The zero-order valence-electron chi connectivity index (χ0n) is 15.5. The topological polar surface area (TPSA) is 79.5 Å². The number of hydrogen-bond acceptors (Lipinski definition) is 4. The second-order valence-electron chi connectivity index (χ2n) is 6.26. The van der Waals surface area contributed by atoms with Crippen LogP contribution in [0.5, 0.6) is 5.75 Å². The van der Waals surface area contributed by atoms with Crippen molar-refractivity contribution in [3.8, 4) is 5.75 Å². The average Bonchev–Trinajstić information content (AvgIpc) is 2.66. The Hall–Kier alpha value is -2.93. The number of rotatable bonds is 6. The van der Waals surface area contributed by atoms with Gasteiger partial charge in [-0.1, -0.05) is 26.0 Å². The van der Waals surface area contributed by atoms with Gasteiger partial charge in [0.15, 0.2) is 5.11 Å². The Morgan fingerprint density at radius 3 is 2.33 bits per heavy atom. The largest absolute Gasteiger partial charge is 0.493 e. The molecule has 3 N–H and O–H groups in total. The van der Waals surface area contributed by atoms with Crippen LogP contribution in [-0.2, 0) is 0 Å². The number of amides is 2. The SMILES string of the molecule is CNC(=O)c1ccccc1NC(=S)NC(=O)c1ccc(OCC(C)C)cc1. The van der Waals surface area contributed by atoms with Crippen LogP contribution >= 0.6 is 12.2 Å². The third kappa shape index (κ3) is 6.07. The van der Waals surface area contributed by atoms with Crippen LogP contribution < -0.4 is 20.7 Å². The van der Waals surface area contributed by atoms with Gasteiger partial charge in [0.1, 0.15) is 5.75 Å². The summed E-state index contributed by atoms with van der Waals surface area (Å²) in [6, 6.07) is 13.7. The maximum absolute atomic E-state index is 12.3. The van der Waals surface area contributed by atoms with E-state index in [0.29, 0.717) is 35.1 Å². The highest BCUT2D eigenvalue weighted by molar-refractivity contribution is 7.80. The quantitative estimate of drug-likeness (QED) is 0.666. The molecular weight excluding hydrogens is 362 g/mol. The summed E-state index contributed by atoms with van der Waals surface area (Å²) >= 11 is 5.19. The smallest absolute Gasteiger partial charge is 0.257 e. The monoisotopic (exact) mass is 385 g/mol. The third-order valence-electron chi connectivity index (χ3n) is 3.57. The lowest BCUT2D eigenvalue weighted by molar-refractivity contribution is 0.0961. The predicted octanol–water partition coefficient (Wildman–Crippen LogP) is 3.21. The van der Waals surface area contributed by atoms with Crippen LogP contribution in [0.1, 0.15) is 34.6 Å². The van der Waals surface area contributed by atoms with Gasteiger partial charge in [0.2, 0.25) is 0 Å². The van der Waals surface area contributed by atoms with Gasteiger partial charge in [0.05, 0.1) is 17.9 Å². The van der Waals surface area contributed by atoms with Crippen molar-refractivity contribution in [2.24, 2.45) is 5.92 Å². The standard InChI is InChI=1S/C20H23N3O3S/c1-13(2)12-26-15-10-8-14(9-11-15)18(24)23-20(27)22-17-7-5-4-6-16(17)19(25)21-3/h4-11,13H,12H2,1-3H3,(H,21,25)(H2,22,23,24,27). The lowest BCUT2D eigenvalue weighted by Crippen LogP contribution is -2.34. The summed E-state index contributed by atoms with van der Waals surface area (Å²) in [6.07, 6.45) is 0. The summed E-state index contributed by atoms with van der Waals surface area (Å²) in [6.45, 7) is 4.75. The zero-order valence-corrected chi connectivity index (χ0v) is 16.4. The Morgan fingerprint density at radius 2 is 1.70 bits per heavy atom. The van der Waals surface area contributed by atoms with Gasteiger partial charge in [-0.05, 0) is 54.5 Å². The van der Waals surface area contributed by atoms with Crippen LogP contribution in [0.15, 0.2) is 48.5 Å².